The average Bonchev–Trinajstić information content (AvgIpc) is 3.20. The van der Waals surface area contributed by atoms with Gasteiger partial charge in [-0.05, 0) is 48.7 Å². The topological polar surface area (TPSA) is 85.4 Å². The Balaban J connectivity index is 1.45. The molecule has 2 aromatic carbocycles. The van der Waals surface area contributed by atoms with Crippen LogP contribution in [0, 0.1) is 0 Å². The Bertz CT molecular complexity index is 1210. The lowest BCUT2D eigenvalue weighted by Gasteiger charge is -2.07. The lowest BCUT2D eigenvalue weighted by molar-refractivity contribution is 0.201. The second-order valence-electron chi connectivity index (χ2n) is 7.15. The van der Waals surface area contributed by atoms with E-state index in [-0.39, 0.29) is 5.88 Å². The molecule has 4 aromatic rings. The molecule has 32 heavy (non-hydrogen) atoms. The first-order valence-electron chi connectivity index (χ1n) is 10.4. The Morgan fingerprint density at radius 2 is 1.88 bits per heavy atom. The average molecular weight is 449 g/mol. The van der Waals surface area contributed by atoms with E-state index in [1.54, 1.807) is 23.5 Å². The van der Waals surface area contributed by atoms with Crippen molar-refractivity contribution in [2.24, 2.45) is 0 Å². The largest absolute Gasteiger partial charge is 0.457 e. The number of benzene rings is 2. The van der Waals surface area contributed by atoms with E-state index >= 15 is 0 Å². The molecule has 0 unspecified atom stereocenters. The van der Waals surface area contributed by atoms with E-state index in [4.69, 9.17) is 9.47 Å². The highest BCUT2D eigenvalue weighted by molar-refractivity contribution is 7.22. The van der Waals surface area contributed by atoms with Gasteiger partial charge in [-0.2, -0.15) is 0 Å². The standard InChI is InChI=1S/C24H24N4O3S/c1-3-4-5-16-6-8-17(9-7-16)27-23-28-20-14-18(10-11-21(20)32-23)30-19-12-13-26-22(15-19)31-24(29)25-2/h6-15H,3-5H2,1-2H3,(H,25,29)(H,27,28). The monoisotopic (exact) mass is 448 g/mol. The first-order valence-corrected chi connectivity index (χ1v) is 11.2. The molecule has 7 nitrogen and oxygen atoms in total. The van der Waals surface area contributed by atoms with Crippen LogP contribution in [0.25, 0.3) is 10.2 Å². The number of unbranched alkanes of at least 4 members (excludes halogenated alkanes) is 1. The molecule has 0 aliphatic rings. The molecule has 0 spiro atoms. The minimum absolute atomic E-state index is 0.156. The number of hydrogen-bond acceptors (Lipinski definition) is 7. The summed E-state index contributed by atoms with van der Waals surface area (Å²) in [7, 11) is 1.48. The highest BCUT2D eigenvalue weighted by Crippen LogP contribution is 2.32. The number of fused-ring (bicyclic) bond motifs is 1. The van der Waals surface area contributed by atoms with Crippen molar-refractivity contribution in [2.75, 3.05) is 12.4 Å². The number of nitrogens with zero attached hydrogens (tertiary/aromatic N) is 2. The summed E-state index contributed by atoms with van der Waals surface area (Å²) < 4.78 is 12.0. The fourth-order valence-electron chi connectivity index (χ4n) is 3.08. The molecule has 0 saturated heterocycles. The van der Waals surface area contributed by atoms with Crippen LogP contribution in [0.5, 0.6) is 17.4 Å². The minimum atomic E-state index is -0.589. The van der Waals surface area contributed by atoms with Crippen LogP contribution < -0.4 is 20.1 Å². The fourth-order valence-corrected chi connectivity index (χ4v) is 3.94. The number of ether oxygens (including phenoxy) is 2. The van der Waals surface area contributed by atoms with Crippen molar-refractivity contribution < 1.29 is 14.3 Å². The zero-order chi connectivity index (χ0) is 22.3. The predicted molar refractivity (Wildman–Crippen MR) is 127 cm³/mol. The van der Waals surface area contributed by atoms with Gasteiger partial charge in [0.25, 0.3) is 0 Å². The summed E-state index contributed by atoms with van der Waals surface area (Å²) in [5.74, 6) is 1.30. The summed E-state index contributed by atoms with van der Waals surface area (Å²) in [5.41, 5.74) is 3.20. The van der Waals surface area contributed by atoms with Gasteiger partial charge in [0.1, 0.15) is 11.5 Å². The molecule has 4 rings (SSSR count). The van der Waals surface area contributed by atoms with Gasteiger partial charge in [0, 0.05) is 31.1 Å². The van der Waals surface area contributed by atoms with Crippen LogP contribution in [-0.2, 0) is 6.42 Å². The molecular formula is C24H24N4O3S. The molecule has 2 heterocycles. The summed E-state index contributed by atoms with van der Waals surface area (Å²) in [6.07, 6.45) is 4.44. The van der Waals surface area contributed by atoms with Crippen LogP contribution in [0.15, 0.2) is 60.8 Å². The summed E-state index contributed by atoms with van der Waals surface area (Å²) in [5, 5.41) is 6.58. The molecule has 8 heteroatoms. The van der Waals surface area contributed by atoms with Crippen molar-refractivity contribution in [1.29, 1.82) is 0 Å². The van der Waals surface area contributed by atoms with Crippen LogP contribution in [0.3, 0.4) is 0 Å². The maximum atomic E-state index is 11.4. The van der Waals surface area contributed by atoms with E-state index in [0.29, 0.717) is 11.5 Å². The van der Waals surface area contributed by atoms with E-state index in [9.17, 15) is 4.79 Å². The normalized spacial score (nSPS) is 10.7. The minimum Gasteiger partial charge on any atom is -0.457 e. The van der Waals surface area contributed by atoms with Gasteiger partial charge >= 0.3 is 6.09 Å². The highest BCUT2D eigenvalue weighted by atomic mass is 32.1. The van der Waals surface area contributed by atoms with Gasteiger partial charge in [0.05, 0.1) is 10.2 Å². The number of anilines is 2. The molecule has 0 fully saturated rings. The van der Waals surface area contributed by atoms with Gasteiger partial charge in [-0.1, -0.05) is 36.8 Å². The Hall–Kier alpha value is -3.65. The molecule has 0 atom stereocenters. The molecule has 0 aliphatic carbocycles. The van der Waals surface area contributed by atoms with E-state index in [1.165, 1.54) is 31.6 Å². The Kier molecular flexibility index (Phi) is 6.81. The van der Waals surface area contributed by atoms with E-state index in [0.717, 1.165) is 27.5 Å². The van der Waals surface area contributed by atoms with Crippen molar-refractivity contribution >= 4 is 38.5 Å². The summed E-state index contributed by atoms with van der Waals surface area (Å²) in [4.78, 5) is 20.0. The van der Waals surface area contributed by atoms with E-state index < -0.39 is 6.09 Å². The molecule has 0 saturated carbocycles. The number of nitrogens with one attached hydrogen (secondary N) is 2. The first-order chi connectivity index (χ1) is 15.6. The Morgan fingerprint density at radius 3 is 2.66 bits per heavy atom. The van der Waals surface area contributed by atoms with Crippen LogP contribution in [-0.4, -0.2) is 23.1 Å². The summed E-state index contributed by atoms with van der Waals surface area (Å²) in [6.45, 7) is 2.20. The molecule has 0 radical (unpaired) electrons. The SMILES string of the molecule is CCCCc1ccc(Nc2nc3cc(Oc4ccnc(OC(=O)NC)c4)ccc3s2)cc1. The quantitative estimate of drug-likeness (QED) is 0.330. The number of pyridine rings is 1. The lowest BCUT2D eigenvalue weighted by atomic mass is 10.1. The van der Waals surface area contributed by atoms with Crippen LogP contribution in [0.1, 0.15) is 25.3 Å². The fraction of sp³-hybridized carbons (Fsp3) is 0.208. The number of aryl methyl sites for hydroxylation is 1. The third-order valence-electron chi connectivity index (χ3n) is 4.73. The van der Waals surface area contributed by atoms with Gasteiger partial charge in [0.2, 0.25) is 5.88 Å². The number of carbonyl (C=O) groups excluding carboxylic acids is 1. The predicted octanol–water partition coefficient (Wildman–Crippen LogP) is 6.29. The number of thiazole rings is 1. The summed E-state index contributed by atoms with van der Waals surface area (Å²) >= 11 is 1.58. The van der Waals surface area contributed by atoms with Crippen LogP contribution in [0.2, 0.25) is 0 Å². The van der Waals surface area contributed by atoms with Crippen LogP contribution >= 0.6 is 11.3 Å². The molecule has 0 bridgehead atoms. The van der Waals surface area contributed by atoms with E-state index in [2.05, 4.69) is 51.8 Å². The third-order valence-corrected chi connectivity index (χ3v) is 5.68. The maximum absolute atomic E-state index is 11.4. The number of amides is 1. The van der Waals surface area contributed by atoms with Crippen molar-refractivity contribution in [1.82, 2.24) is 15.3 Å². The van der Waals surface area contributed by atoms with Gasteiger partial charge in [-0.15, -0.1) is 0 Å². The molecule has 2 N–H and O–H groups in total. The zero-order valence-corrected chi connectivity index (χ0v) is 18.7. The van der Waals surface area contributed by atoms with Crippen LogP contribution in [0.4, 0.5) is 15.6 Å². The van der Waals surface area contributed by atoms with Gasteiger partial charge in [0.15, 0.2) is 5.13 Å². The van der Waals surface area contributed by atoms with Gasteiger partial charge < -0.3 is 20.1 Å². The van der Waals surface area contributed by atoms with Crippen molar-refractivity contribution in [2.45, 2.75) is 26.2 Å². The number of carbonyl (C=O) groups is 1. The highest BCUT2D eigenvalue weighted by Gasteiger charge is 2.09. The molecule has 2 aromatic heterocycles. The third kappa shape index (κ3) is 5.53. The Morgan fingerprint density at radius 1 is 1.06 bits per heavy atom. The Labute approximate surface area is 190 Å². The molecular weight excluding hydrogens is 424 g/mol. The number of hydrogen-bond donors (Lipinski definition) is 2. The molecule has 1 amide bonds. The molecule has 0 aliphatic heterocycles. The zero-order valence-electron chi connectivity index (χ0n) is 17.9. The second kappa shape index (κ2) is 10.1. The maximum Gasteiger partial charge on any atom is 0.413 e. The smallest absolute Gasteiger partial charge is 0.413 e. The van der Waals surface area contributed by atoms with Gasteiger partial charge in [-0.25, -0.2) is 14.8 Å². The van der Waals surface area contributed by atoms with E-state index in [1.807, 2.05) is 18.2 Å². The second-order valence-corrected chi connectivity index (χ2v) is 8.18. The number of aromatic nitrogens is 2. The van der Waals surface area contributed by atoms with Crippen molar-refractivity contribution in [3.05, 3.63) is 66.4 Å². The lowest BCUT2D eigenvalue weighted by Crippen LogP contribution is -2.22. The number of rotatable bonds is 8. The first kappa shape index (κ1) is 21.6. The van der Waals surface area contributed by atoms with Gasteiger partial charge in [-0.3, -0.25) is 0 Å². The van der Waals surface area contributed by atoms with Crippen molar-refractivity contribution in [3.8, 4) is 17.4 Å². The summed E-state index contributed by atoms with van der Waals surface area (Å²) in [6, 6.07) is 17.5. The van der Waals surface area contributed by atoms with Crippen molar-refractivity contribution in [3.63, 3.8) is 0 Å². The molecule has 164 valence electrons.